The van der Waals surface area contributed by atoms with Gasteiger partial charge in [0.2, 0.25) is 0 Å². The summed E-state index contributed by atoms with van der Waals surface area (Å²) in [5.74, 6) is 3.98. The minimum absolute atomic E-state index is 0.224. The van der Waals surface area contributed by atoms with Gasteiger partial charge in [-0.2, -0.15) is 0 Å². The van der Waals surface area contributed by atoms with Crippen molar-refractivity contribution in [2.75, 3.05) is 24.5 Å². The molecule has 0 spiro atoms. The van der Waals surface area contributed by atoms with Gasteiger partial charge in [0.25, 0.3) is 0 Å². The smallest absolute Gasteiger partial charge is 0.128 e. The molecule has 0 amide bonds. The van der Waals surface area contributed by atoms with Gasteiger partial charge in [-0.25, -0.2) is 4.98 Å². The van der Waals surface area contributed by atoms with Gasteiger partial charge in [0, 0.05) is 41.3 Å². The van der Waals surface area contributed by atoms with Crippen LogP contribution in [0.5, 0.6) is 5.75 Å². The number of pyridine rings is 1. The fraction of sp³-hybridized carbons (Fsp3) is 0.607. The summed E-state index contributed by atoms with van der Waals surface area (Å²) in [5, 5.41) is 10.6. The van der Waals surface area contributed by atoms with Crippen LogP contribution in [0.15, 0.2) is 41.0 Å². The summed E-state index contributed by atoms with van der Waals surface area (Å²) in [4.78, 5) is 10.4. The zero-order valence-corrected chi connectivity index (χ0v) is 20.7. The van der Waals surface area contributed by atoms with Gasteiger partial charge < -0.3 is 10.0 Å². The van der Waals surface area contributed by atoms with E-state index in [2.05, 4.69) is 50.0 Å². The Morgan fingerprint density at radius 3 is 2.85 bits per heavy atom. The van der Waals surface area contributed by atoms with E-state index in [4.69, 9.17) is 4.98 Å². The van der Waals surface area contributed by atoms with Gasteiger partial charge in [0.05, 0.1) is 0 Å². The Bertz CT molecular complexity index is 1130. The molecule has 1 aromatic carbocycles. The van der Waals surface area contributed by atoms with Crippen LogP contribution in [0.3, 0.4) is 0 Å². The molecule has 3 heterocycles. The number of aromatic hydroxyl groups is 1. The Morgan fingerprint density at radius 2 is 2.03 bits per heavy atom. The van der Waals surface area contributed by atoms with Gasteiger partial charge in [-0.05, 0) is 126 Å². The standard InChI is InChI=1S/C28H32BrN3O/c29-20-4-6-25(30-14-20)32-16-19-13-27-8-7-23(32)26(19)28(27)9-10-31(15-17-1-2-17)24(27)11-18-3-5-21(33)12-22(18)28/h3-6,12,14,17,19,23-24,26,33H,1-2,7-11,13,15-16H2/t19-,23?,24?,26?,27?,28?/m1/s1. The van der Waals surface area contributed by atoms with Gasteiger partial charge in [0.15, 0.2) is 0 Å². The summed E-state index contributed by atoms with van der Waals surface area (Å²) in [6.07, 6.45) is 11.3. The van der Waals surface area contributed by atoms with Crippen LogP contribution in [0.25, 0.3) is 0 Å². The molecule has 5 heteroatoms. The summed E-state index contributed by atoms with van der Waals surface area (Å²) in [6, 6.07) is 12.0. The topological polar surface area (TPSA) is 39.6 Å². The third-order valence-electron chi connectivity index (χ3n) is 10.8. The van der Waals surface area contributed by atoms with Crippen molar-refractivity contribution in [3.63, 3.8) is 0 Å². The van der Waals surface area contributed by atoms with E-state index in [1.54, 1.807) is 0 Å². The molecule has 1 aromatic heterocycles. The minimum atomic E-state index is 0.224. The maximum absolute atomic E-state index is 10.6. The van der Waals surface area contributed by atoms with Crippen molar-refractivity contribution >= 4 is 21.7 Å². The molecular formula is C28H32BrN3O. The van der Waals surface area contributed by atoms with Crippen molar-refractivity contribution < 1.29 is 5.11 Å². The number of hydrogen-bond donors (Lipinski definition) is 1. The number of phenolic OH excluding ortho intramolecular Hbond substituents is 1. The molecule has 2 saturated heterocycles. The van der Waals surface area contributed by atoms with Crippen LogP contribution in [0, 0.1) is 23.2 Å². The van der Waals surface area contributed by atoms with E-state index in [1.807, 2.05) is 12.3 Å². The highest BCUT2D eigenvalue weighted by molar-refractivity contribution is 9.10. The lowest BCUT2D eigenvalue weighted by atomic mass is 9.43. The zero-order chi connectivity index (χ0) is 21.9. The molecule has 2 aromatic rings. The van der Waals surface area contributed by atoms with Crippen LogP contribution in [0.1, 0.15) is 49.7 Å². The summed E-state index contributed by atoms with van der Waals surface area (Å²) >= 11 is 3.56. The fourth-order valence-corrected chi connectivity index (χ4v) is 9.98. The maximum Gasteiger partial charge on any atom is 0.128 e. The van der Waals surface area contributed by atoms with Crippen molar-refractivity contribution in [3.05, 3.63) is 52.1 Å². The predicted octanol–water partition coefficient (Wildman–Crippen LogP) is 5.13. The summed E-state index contributed by atoms with van der Waals surface area (Å²) in [5.41, 5.74) is 3.66. The zero-order valence-electron chi connectivity index (χ0n) is 19.1. The number of phenols is 1. The molecule has 2 aliphatic heterocycles. The number of halogens is 1. The first-order chi connectivity index (χ1) is 16.1. The maximum atomic E-state index is 10.6. The summed E-state index contributed by atoms with van der Waals surface area (Å²) in [7, 11) is 0. The number of aromatic nitrogens is 1. The van der Waals surface area contributed by atoms with Crippen molar-refractivity contribution in [1.82, 2.24) is 9.88 Å². The van der Waals surface area contributed by atoms with Crippen LogP contribution in [-0.4, -0.2) is 46.7 Å². The first-order valence-corrected chi connectivity index (χ1v) is 13.8. The van der Waals surface area contributed by atoms with Crippen molar-refractivity contribution in [3.8, 4) is 5.75 Å². The Morgan fingerprint density at radius 1 is 1.12 bits per heavy atom. The SMILES string of the molecule is Oc1ccc2c(c1)C13CCN(CC4CC4)C(C2)C12CCC1C3[C@@H](CN1c1ccc(Br)cn1)C2. The van der Waals surface area contributed by atoms with Crippen LogP contribution in [0.4, 0.5) is 5.82 Å². The molecule has 4 aliphatic carbocycles. The van der Waals surface area contributed by atoms with Crippen molar-refractivity contribution in [2.45, 2.75) is 62.4 Å². The molecule has 4 bridgehead atoms. The largest absolute Gasteiger partial charge is 0.508 e. The molecular weight excluding hydrogens is 474 g/mol. The Hall–Kier alpha value is -1.59. The molecule has 5 unspecified atom stereocenters. The van der Waals surface area contributed by atoms with Gasteiger partial charge in [0.1, 0.15) is 11.6 Å². The van der Waals surface area contributed by atoms with Gasteiger partial charge in [-0.3, -0.25) is 4.90 Å². The fourth-order valence-electron chi connectivity index (χ4n) is 9.75. The summed E-state index contributed by atoms with van der Waals surface area (Å²) < 4.78 is 1.05. The van der Waals surface area contributed by atoms with E-state index in [9.17, 15) is 5.11 Å². The van der Waals surface area contributed by atoms with Gasteiger partial charge in [-0.15, -0.1) is 0 Å². The normalized spacial score (nSPS) is 40.6. The van der Waals surface area contributed by atoms with E-state index < -0.39 is 0 Å². The monoisotopic (exact) mass is 505 g/mol. The third kappa shape index (κ3) is 2.43. The molecule has 6 aliphatic rings. The average molecular weight is 506 g/mol. The Balaban J connectivity index is 1.28. The lowest BCUT2D eigenvalue weighted by molar-refractivity contribution is -0.0921. The second-order valence-electron chi connectivity index (χ2n) is 12.0. The van der Waals surface area contributed by atoms with Crippen molar-refractivity contribution in [1.29, 1.82) is 0 Å². The summed E-state index contributed by atoms with van der Waals surface area (Å²) in [6.45, 7) is 3.71. The van der Waals surface area contributed by atoms with Crippen LogP contribution < -0.4 is 4.90 Å². The van der Waals surface area contributed by atoms with E-state index in [0.717, 1.165) is 28.7 Å². The molecule has 0 radical (unpaired) electrons. The van der Waals surface area contributed by atoms with Gasteiger partial charge in [-0.1, -0.05) is 6.07 Å². The van der Waals surface area contributed by atoms with E-state index >= 15 is 0 Å². The average Bonchev–Trinajstić information content (AvgIpc) is 3.50. The second kappa shape index (κ2) is 6.54. The molecule has 5 fully saturated rings. The quantitative estimate of drug-likeness (QED) is 0.627. The Kier molecular flexibility index (Phi) is 3.90. The van der Waals surface area contributed by atoms with Crippen molar-refractivity contribution in [2.24, 2.45) is 23.2 Å². The Labute approximate surface area is 204 Å². The molecule has 172 valence electrons. The number of benzene rings is 1. The lowest BCUT2D eigenvalue weighted by Gasteiger charge is -2.66. The molecule has 33 heavy (non-hydrogen) atoms. The highest BCUT2D eigenvalue weighted by atomic mass is 79.9. The lowest BCUT2D eigenvalue weighted by Crippen LogP contribution is -2.69. The number of anilines is 1. The molecule has 8 rings (SSSR count). The first kappa shape index (κ1) is 19.7. The third-order valence-corrected chi connectivity index (χ3v) is 11.2. The highest BCUT2D eigenvalue weighted by Crippen LogP contribution is 2.75. The van der Waals surface area contributed by atoms with Gasteiger partial charge >= 0.3 is 0 Å². The first-order valence-electron chi connectivity index (χ1n) is 13.0. The van der Waals surface area contributed by atoms with E-state index in [1.165, 1.54) is 69.2 Å². The van der Waals surface area contributed by atoms with Crippen LogP contribution >= 0.6 is 15.9 Å². The highest BCUT2D eigenvalue weighted by Gasteiger charge is 2.76. The predicted molar refractivity (Wildman–Crippen MR) is 133 cm³/mol. The number of piperidine rings is 1. The van der Waals surface area contributed by atoms with E-state index in [0.29, 0.717) is 29.2 Å². The van der Waals surface area contributed by atoms with E-state index in [-0.39, 0.29) is 5.41 Å². The minimum Gasteiger partial charge on any atom is -0.508 e. The number of rotatable bonds is 3. The number of fused-ring (bicyclic) bond motifs is 1. The number of hydrogen-bond acceptors (Lipinski definition) is 4. The second-order valence-corrected chi connectivity index (χ2v) is 12.9. The molecule has 1 N–H and O–H groups in total. The molecule has 6 atom stereocenters. The number of likely N-dealkylation sites (tertiary alicyclic amines) is 1. The van der Waals surface area contributed by atoms with Crippen LogP contribution in [0.2, 0.25) is 0 Å². The number of nitrogens with zero attached hydrogens (tertiary/aromatic N) is 3. The molecule has 3 saturated carbocycles. The van der Waals surface area contributed by atoms with Crippen LogP contribution in [-0.2, 0) is 11.8 Å². The molecule has 4 nitrogen and oxygen atoms in total.